The fourth-order valence-corrected chi connectivity index (χ4v) is 2.25. The van der Waals surface area contributed by atoms with Crippen LogP contribution in [0, 0.1) is 13.8 Å². The molecule has 6 heteroatoms. The van der Waals surface area contributed by atoms with Gasteiger partial charge in [-0.2, -0.15) is 0 Å². The molecule has 0 amide bonds. The molecule has 2 aromatic heterocycles. The Bertz CT molecular complexity index is 746. The lowest BCUT2D eigenvalue weighted by molar-refractivity contribution is 0.803. The van der Waals surface area contributed by atoms with Crippen LogP contribution in [0.1, 0.15) is 30.0 Å². The van der Waals surface area contributed by atoms with E-state index in [9.17, 15) is 9.59 Å². The Morgan fingerprint density at radius 2 is 2.00 bits per heavy atom. The maximum Gasteiger partial charge on any atom is 0.256 e. The summed E-state index contributed by atoms with van der Waals surface area (Å²) in [6, 6.07) is 2.98. The first-order valence-electron chi connectivity index (χ1n) is 6.39. The highest BCUT2D eigenvalue weighted by atomic mass is 16.1. The molecule has 0 aliphatic heterocycles. The van der Waals surface area contributed by atoms with Gasteiger partial charge >= 0.3 is 0 Å². The number of aromatic amines is 1. The van der Waals surface area contributed by atoms with Gasteiger partial charge in [0.2, 0.25) is 5.56 Å². The number of H-pyrrole nitrogens is 1. The van der Waals surface area contributed by atoms with E-state index in [2.05, 4.69) is 15.3 Å². The molecule has 0 fully saturated rings. The number of aromatic nitrogens is 3. The molecule has 2 rings (SSSR count). The molecule has 0 radical (unpaired) electrons. The highest BCUT2D eigenvalue weighted by Crippen LogP contribution is 2.17. The molecular formula is C14H18N4O2. The largest absolute Gasteiger partial charge is 0.377 e. The van der Waals surface area contributed by atoms with Crippen molar-refractivity contribution in [1.29, 1.82) is 0 Å². The van der Waals surface area contributed by atoms with E-state index in [1.165, 1.54) is 10.6 Å². The van der Waals surface area contributed by atoms with Crippen LogP contribution in [0.4, 0.5) is 5.69 Å². The second kappa shape index (κ2) is 5.32. The van der Waals surface area contributed by atoms with Crippen molar-refractivity contribution in [2.24, 2.45) is 7.05 Å². The van der Waals surface area contributed by atoms with E-state index in [-0.39, 0.29) is 17.2 Å². The Labute approximate surface area is 116 Å². The van der Waals surface area contributed by atoms with Crippen molar-refractivity contribution in [1.82, 2.24) is 14.5 Å². The fraction of sp³-hybridized carbons (Fsp3) is 0.357. The van der Waals surface area contributed by atoms with Gasteiger partial charge in [-0.25, -0.2) is 4.98 Å². The molecule has 2 heterocycles. The van der Waals surface area contributed by atoms with Crippen molar-refractivity contribution in [3.63, 3.8) is 0 Å². The van der Waals surface area contributed by atoms with Crippen molar-refractivity contribution >= 4 is 5.69 Å². The maximum atomic E-state index is 12.0. The van der Waals surface area contributed by atoms with Crippen LogP contribution in [0.15, 0.2) is 27.9 Å². The Morgan fingerprint density at radius 1 is 1.30 bits per heavy atom. The molecule has 0 bridgehead atoms. The van der Waals surface area contributed by atoms with E-state index in [1.807, 2.05) is 13.8 Å². The average Bonchev–Trinajstić information content (AvgIpc) is 2.32. The smallest absolute Gasteiger partial charge is 0.256 e. The molecule has 0 aliphatic rings. The lowest BCUT2D eigenvalue weighted by Gasteiger charge is -2.17. The van der Waals surface area contributed by atoms with Gasteiger partial charge in [0.25, 0.3) is 5.56 Å². The molecule has 2 aromatic rings. The highest BCUT2D eigenvalue weighted by molar-refractivity contribution is 5.43. The van der Waals surface area contributed by atoms with Crippen molar-refractivity contribution in [3.05, 3.63) is 56.1 Å². The van der Waals surface area contributed by atoms with Crippen molar-refractivity contribution in [2.75, 3.05) is 5.32 Å². The molecular weight excluding hydrogens is 256 g/mol. The van der Waals surface area contributed by atoms with Crippen LogP contribution in [-0.4, -0.2) is 14.5 Å². The first-order valence-corrected chi connectivity index (χ1v) is 6.39. The minimum atomic E-state index is -0.204. The summed E-state index contributed by atoms with van der Waals surface area (Å²) in [7, 11) is 1.68. The van der Waals surface area contributed by atoms with Crippen LogP contribution in [-0.2, 0) is 7.05 Å². The standard InChI is InChI=1S/C14H18N4O2/c1-8-13(14(20)17-10(3)15-8)9(2)16-11-5-6-12(19)18(4)7-11/h5-7,9,16H,1-4H3,(H,15,17,20). The fourth-order valence-electron chi connectivity index (χ4n) is 2.25. The predicted octanol–water partition coefficient (Wildman–Crippen LogP) is 1.26. The van der Waals surface area contributed by atoms with Crippen LogP contribution < -0.4 is 16.4 Å². The quantitative estimate of drug-likeness (QED) is 0.883. The van der Waals surface area contributed by atoms with Gasteiger partial charge in [0.05, 0.1) is 23.0 Å². The summed E-state index contributed by atoms with van der Waals surface area (Å²) in [4.78, 5) is 30.3. The van der Waals surface area contributed by atoms with Gasteiger partial charge in [-0.3, -0.25) is 9.59 Å². The van der Waals surface area contributed by atoms with Gasteiger partial charge in [-0.1, -0.05) is 0 Å². The molecule has 1 unspecified atom stereocenters. The third kappa shape index (κ3) is 2.79. The lowest BCUT2D eigenvalue weighted by Crippen LogP contribution is -2.24. The van der Waals surface area contributed by atoms with E-state index in [0.29, 0.717) is 17.1 Å². The zero-order valence-corrected chi connectivity index (χ0v) is 12.0. The van der Waals surface area contributed by atoms with Crippen LogP contribution >= 0.6 is 0 Å². The van der Waals surface area contributed by atoms with Gasteiger partial charge in [0, 0.05) is 19.3 Å². The van der Waals surface area contributed by atoms with Gasteiger partial charge in [0.15, 0.2) is 0 Å². The van der Waals surface area contributed by atoms with E-state index in [1.54, 1.807) is 26.2 Å². The topological polar surface area (TPSA) is 79.8 Å². The van der Waals surface area contributed by atoms with E-state index in [4.69, 9.17) is 0 Å². The summed E-state index contributed by atoms with van der Waals surface area (Å²) in [5.41, 5.74) is 1.87. The van der Waals surface area contributed by atoms with Gasteiger partial charge < -0.3 is 14.9 Å². The van der Waals surface area contributed by atoms with Gasteiger partial charge in [-0.05, 0) is 26.8 Å². The zero-order chi connectivity index (χ0) is 14.9. The minimum absolute atomic E-state index is 0.0748. The van der Waals surface area contributed by atoms with Crippen LogP contribution in [0.3, 0.4) is 0 Å². The number of nitrogens with one attached hydrogen (secondary N) is 2. The summed E-state index contributed by atoms with van der Waals surface area (Å²) in [5.74, 6) is 0.602. The number of anilines is 1. The molecule has 0 aliphatic carbocycles. The Morgan fingerprint density at radius 3 is 2.60 bits per heavy atom. The molecule has 0 aromatic carbocycles. The number of nitrogens with zero attached hydrogens (tertiary/aromatic N) is 2. The molecule has 106 valence electrons. The summed E-state index contributed by atoms with van der Waals surface area (Å²) in [6.07, 6.45) is 1.70. The van der Waals surface area contributed by atoms with Crippen LogP contribution in [0.2, 0.25) is 0 Å². The summed E-state index contributed by atoms with van der Waals surface area (Å²) in [5, 5.41) is 3.21. The van der Waals surface area contributed by atoms with Gasteiger partial charge in [0.1, 0.15) is 5.82 Å². The normalized spacial score (nSPS) is 12.2. The first-order chi connectivity index (χ1) is 9.38. The van der Waals surface area contributed by atoms with Crippen LogP contribution in [0.25, 0.3) is 0 Å². The summed E-state index contributed by atoms with van der Waals surface area (Å²) < 4.78 is 1.49. The predicted molar refractivity (Wildman–Crippen MR) is 78.1 cm³/mol. The minimum Gasteiger partial charge on any atom is -0.377 e. The monoisotopic (exact) mass is 274 g/mol. The van der Waals surface area contributed by atoms with Crippen LogP contribution in [0.5, 0.6) is 0 Å². The maximum absolute atomic E-state index is 12.0. The second-order valence-electron chi connectivity index (χ2n) is 4.88. The average molecular weight is 274 g/mol. The Hall–Kier alpha value is -2.37. The third-order valence-electron chi connectivity index (χ3n) is 3.17. The van der Waals surface area contributed by atoms with Crippen molar-refractivity contribution in [3.8, 4) is 0 Å². The van der Waals surface area contributed by atoms with Gasteiger partial charge in [-0.15, -0.1) is 0 Å². The third-order valence-corrected chi connectivity index (χ3v) is 3.17. The summed E-state index contributed by atoms with van der Waals surface area (Å²) in [6.45, 7) is 5.46. The summed E-state index contributed by atoms with van der Waals surface area (Å²) >= 11 is 0. The highest BCUT2D eigenvalue weighted by Gasteiger charge is 2.14. The number of hydrogen-bond donors (Lipinski definition) is 2. The number of aryl methyl sites for hydroxylation is 3. The molecule has 0 saturated carbocycles. The van der Waals surface area contributed by atoms with E-state index < -0.39 is 0 Å². The van der Waals surface area contributed by atoms with Crippen molar-refractivity contribution in [2.45, 2.75) is 26.8 Å². The molecule has 20 heavy (non-hydrogen) atoms. The lowest BCUT2D eigenvalue weighted by atomic mass is 10.1. The number of pyridine rings is 1. The zero-order valence-electron chi connectivity index (χ0n) is 12.0. The van der Waals surface area contributed by atoms with E-state index >= 15 is 0 Å². The molecule has 0 spiro atoms. The molecule has 0 saturated heterocycles. The number of hydrogen-bond acceptors (Lipinski definition) is 4. The second-order valence-corrected chi connectivity index (χ2v) is 4.88. The molecule has 2 N–H and O–H groups in total. The molecule has 1 atom stereocenters. The van der Waals surface area contributed by atoms with E-state index in [0.717, 1.165) is 5.69 Å². The Balaban J connectivity index is 2.33. The molecule has 6 nitrogen and oxygen atoms in total. The van der Waals surface area contributed by atoms with Crippen molar-refractivity contribution < 1.29 is 0 Å². The Kier molecular flexibility index (Phi) is 3.74. The number of rotatable bonds is 3. The SMILES string of the molecule is Cc1nc(C)c(C(C)Nc2ccc(=O)n(C)c2)c(=O)[nH]1. The first kappa shape index (κ1) is 14.0.